The van der Waals surface area contributed by atoms with Crippen LogP contribution in [-0.2, 0) is 20.2 Å². The summed E-state index contributed by atoms with van der Waals surface area (Å²) < 4.78 is 63.4. The van der Waals surface area contributed by atoms with Crippen LogP contribution in [0.15, 0.2) is 149 Å². The lowest BCUT2D eigenvalue weighted by Crippen LogP contribution is -1.99. The van der Waals surface area contributed by atoms with Gasteiger partial charge in [-0.25, -0.2) is 0 Å². The van der Waals surface area contributed by atoms with Gasteiger partial charge in [-0.2, -0.15) is 16.8 Å². The van der Waals surface area contributed by atoms with Crippen LogP contribution >= 0.6 is 0 Å². The Bertz CT molecular complexity index is 2590. The van der Waals surface area contributed by atoms with Gasteiger partial charge in [0, 0.05) is 16.2 Å². The zero-order valence-corrected chi connectivity index (χ0v) is 39.3. The minimum Gasteiger partial charge on any atom is -0.507 e. The fourth-order valence-corrected chi connectivity index (χ4v) is 6.96. The number of phenols is 1. The average Bonchev–Trinajstić information content (AvgIpc) is 3.25. The summed E-state index contributed by atoms with van der Waals surface area (Å²) in [4.78, 5) is -0.0844. The Morgan fingerprint density at radius 3 is 1.13 bits per heavy atom. The van der Waals surface area contributed by atoms with E-state index in [0.717, 1.165) is 43.1 Å². The molecule has 326 valence electrons. The second-order valence-electron chi connectivity index (χ2n) is 12.5. The normalized spacial score (nSPS) is 10.0. The third-order valence-corrected chi connectivity index (χ3v) is 9.38. The first kappa shape index (κ1) is 54.9. The first-order valence-electron chi connectivity index (χ1n) is 21.0. The number of fused-ring (bicyclic) bond motifs is 2. The molecule has 60 heavy (non-hydrogen) atoms. The fraction of sp³-hybridized carbons (Fsp3) is 0.294. The van der Waals surface area contributed by atoms with Gasteiger partial charge in [0.15, 0.2) is 0 Å². The molecule has 8 aromatic rings. The summed E-state index contributed by atoms with van der Waals surface area (Å²) in [6.07, 6.45) is 3.75. The predicted octanol–water partition coefficient (Wildman–Crippen LogP) is 15.8. The van der Waals surface area contributed by atoms with Gasteiger partial charge in [-0.1, -0.05) is 224 Å². The molecule has 0 saturated carbocycles. The average molecular weight is 857 g/mol. The Kier molecular flexibility index (Phi) is 26.7. The van der Waals surface area contributed by atoms with E-state index in [4.69, 9.17) is 4.55 Å². The maximum Gasteiger partial charge on any atom is 0.295 e. The van der Waals surface area contributed by atoms with Crippen LogP contribution in [0.4, 0.5) is 0 Å². The van der Waals surface area contributed by atoms with Crippen molar-refractivity contribution in [3.63, 3.8) is 0 Å². The van der Waals surface area contributed by atoms with E-state index in [1.54, 1.807) is 48.5 Å². The zero-order valence-electron chi connectivity index (χ0n) is 37.7. The maximum absolute atomic E-state index is 11.5. The van der Waals surface area contributed by atoms with Crippen LogP contribution in [0.3, 0.4) is 0 Å². The molecule has 0 saturated heterocycles. The van der Waals surface area contributed by atoms with Crippen LogP contribution in [0, 0.1) is 0 Å². The van der Waals surface area contributed by atoms with Gasteiger partial charge in [0.05, 0.1) is 0 Å². The summed E-state index contributed by atoms with van der Waals surface area (Å²) in [5, 5.41) is 18.3. The molecule has 3 N–H and O–H groups in total. The summed E-state index contributed by atoms with van der Waals surface area (Å²) in [6.45, 7) is 24.8. The molecule has 0 spiro atoms. The summed E-state index contributed by atoms with van der Waals surface area (Å²) in [5.41, 5.74) is 0. The first-order valence-corrected chi connectivity index (χ1v) is 23.9. The summed E-state index contributed by atoms with van der Waals surface area (Å²) in [7, 11) is -8.36. The van der Waals surface area contributed by atoms with Crippen LogP contribution in [0.1, 0.15) is 102 Å². The second kappa shape index (κ2) is 29.2. The highest BCUT2D eigenvalue weighted by atomic mass is 32.2. The van der Waals surface area contributed by atoms with Crippen molar-refractivity contribution in [2.45, 2.75) is 112 Å². The lowest BCUT2D eigenvalue weighted by Gasteiger charge is -2.12. The van der Waals surface area contributed by atoms with Crippen molar-refractivity contribution in [1.82, 2.24) is 0 Å². The number of aromatic hydroxyl groups is 1. The number of hydrogen-bond acceptors (Lipinski definition) is 5. The Hall–Kier alpha value is -5.06. The molecule has 0 bridgehead atoms. The molecule has 0 aliphatic carbocycles. The van der Waals surface area contributed by atoms with Crippen LogP contribution < -0.4 is 0 Å². The van der Waals surface area contributed by atoms with Crippen molar-refractivity contribution in [2.24, 2.45) is 0 Å². The van der Waals surface area contributed by atoms with Gasteiger partial charge in [0.2, 0.25) is 0 Å². The van der Waals surface area contributed by atoms with Crippen molar-refractivity contribution >= 4 is 74.1 Å². The molecule has 0 fully saturated rings. The van der Waals surface area contributed by atoms with Crippen molar-refractivity contribution in [1.29, 1.82) is 0 Å². The van der Waals surface area contributed by atoms with Gasteiger partial charge >= 0.3 is 0 Å². The van der Waals surface area contributed by atoms with Gasteiger partial charge in [-0.15, -0.1) is 0 Å². The molecule has 0 amide bonds. The Morgan fingerprint density at radius 2 is 0.667 bits per heavy atom. The minimum absolute atomic E-state index is 0.0387. The van der Waals surface area contributed by atoms with E-state index in [2.05, 4.69) is 41.5 Å². The summed E-state index contributed by atoms with van der Waals surface area (Å²) in [5.74, 6) is 0.350. The Labute approximate surface area is 361 Å². The van der Waals surface area contributed by atoms with E-state index in [9.17, 15) is 26.5 Å². The number of rotatable bonds is 2. The van der Waals surface area contributed by atoms with Crippen LogP contribution in [0.5, 0.6) is 5.75 Å². The van der Waals surface area contributed by atoms with Gasteiger partial charge < -0.3 is 5.11 Å². The largest absolute Gasteiger partial charge is 0.507 e. The van der Waals surface area contributed by atoms with Crippen LogP contribution in [0.2, 0.25) is 0 Å². The molecule has 0 heterocycles. The molecule has 0 aliphatic heterocycles. The number of hydrogen-bond donors (Lipinski definition) is 3. The van der Waals surface area contributed by atoms with E-state index in [1.165, 1.54) is 31.4 Å². The van der Waals surface area contributed by atoms with E-state index in [1.807, 2.05) is 120 Å². The quantitative estimate of drug-likeness (QED) is 0.117. The predicted molar refractivity (Wildman–Crippen MR) is 261 cm³/mol. The molecule has 7 nitrogen and oxygen atoms in total. The van der Waals surface area contributed by atoms with E-state index in [0.29, 0.717) is 16.5 Å². The maximum atomic E-state index is 11.5. The van der Waals surface area contributed by atoms with Crippen LogP contribution in [0.25, 0.3) is 53.9 Å². The van der Waals surface area contributed by atoms with Crippen molar-refractivity contribution in [3.8, 4) is 5.75 Å². The highest BCUT2D eigenvalue weighted by molar-refractivity contribution is 7.86. The SMILES string of the molecule is CC.CC.CC.CCC.CCC.CCC.O=S(=O)(O)c1ccc2ccc3cccc4ccc1c2c34.O=S(=O)(O)c1cccc2ccccc12.Oc1cccc2ccccc12. The minimum atomic E-state index is -4.23. The third-order valence-electron chi connectivity index (χ3n) is 7.56. The smallest absolute Gasteiger partial charge is 0.295 e. The van der Waals surface area contributed by atoms with E-state index >= 15 is 0 Å². The standard InChI is InChI=1S/C16H10O3S.C10H8O3S.C10H8O.3C3H8.3C2H6/c17-20(18,19)14-9-7-12-5-4-10-2-1-3-11-6-8-13(14)16(12)15(10)11;11-14(12,13)10-7-3-5-8-4-1-2-6-9(8)10;11-10-7-3-5-8-4-1-2-6-9(8)10;3*1-3-2;3*1-2/h1-9H,(H,17,18,19);1-7H,(H,11,12,13);1-7,11H;3*3H2,1-2H3;3*1-2H3. The number of phenolic OH excluding ortho intramolecular Hbond substituents is 1. The third kappa shape index (κ3) is 16.2. The molecule has 8 rings (SSSR count). The Morgan fingerprint density at radius 1 is 0.350 bits per heavy atom. The van der Waals surface area contributed by atoms with E-state index < -0.39 is 20.2 Å². The lowest BCUT2D eigenvalue weighted by atomic mass is 9.94. The van der Waals surface area contributed by atoms with Gasteiger partial charge in [0.1, 0.15) is 15.5 Å². The first-order chi connectivity index (χ1) is 28.8. The van der Waals surface area contributed by atoms with Gasteiger partial charge in [-0.3, -0.25) is 9.11 Å². The molecule has 0 aromatic heterocycles. The molecular weight excluding hydrogens is 789 g/mol. The molecule has 9 heteroatoms. The van der Waals surface area contributed by atoms with Crippen molar-refractivity contribution in [3.05, 3.63) is 140 Å². The fourth-order valence-electron chi connectivity index (χ4n) is 5.56. The molecule has 0 aliphatic rings. The topological polar surface area (TPSA) is 129 Å². The van der Waals surface area contributed by atoms with Crippen molar-refractivity contribution in [2.75, 3.05) is 0 Å². The molecule has 0 radical (unpaired) electrons. The van der Waals surface area contributed by atoms with Gasteiger partial charge in [-0.05, 0) is 55.9 Å². The second-order valence-corrected chi connectivity index (χ2v) is 15.2. The van der Waals surface area contributed by atoms with Gasteiger partial charge in [0.25, 0.3) is 20.2 Å². The summed E-state index contributed by atoms with van der Waals surface area (Å²) in [6, 6.07) is 41.9. The molecular formula is C51H68O7S2. The van der Waals surface area contributed by atoms with Crippen LogP contribution in [-0.4, -0.2) is 31.0 Å². The molecule has 8 aromatic carbocycles. The number of benzene rings is 8. The highest BCUT2D eigenvalue weighted by Crippen LogP contribution is 2.37. The zero-order chi connectivity index (χ0) is 45.9. The lowest BCUT2D eigenvalue weighted by molar-refractivity contribution is 0.481. The van der Waals surface area contributed by atoms with E-state index in [-0.39, 0.29) is 9.79 Å². The monoisotopic (exact) mass is 856 g/mol. The Balaban J connectivity index is 0.000000769. The molecule has 0 atom stereocenters. The molecule has 0 unspecified atom stereocenters. The van der Waals surface area contributed by atoms with Crippen molar-refractivity contribution < 1.29 is 31.0 Å². The summed E-state index contributed by atoms with van der Waals surface area (Å²) >= 11 is 0. The highest BCUT2D eigenvalue weighted by Gasteiger charge is 2.17.